The van der Waals surface area contributed by atoms with Gasteiger partial charge in [0.15, 0.2) is 5.11 Å². The smallest absolute Gasteiger partial charge is 0.170 e. The summed E-state index contributed by atoms with van der Waals surface area (Å²) < 4.78 is 2.26. The van der Waals surface area contributed by atoms with E-state index in [0.29, 0.717) is 0 Å². The average Bonchev–Trinajstić information content (AvgIpc) is 3.32. The minimum atomic E-state index is 0.00459. The highest BCUT2D eigenvalue weighted by atomic mass is 32.1. The zero-order valence-electron chi connectivity index (χ0n) is 17.1. The molecule has 1 aliphatic heterocycles. The highest BCUT2D eigenvalue weighted by molar-refractivity contribution is 7.80. The Hall–Kier alpha value is -2.70. The van der Waals surface area contributed by atoms with Gasteiger partial charge in [0, 0.05) is 36.9 Å². The normalized spacial score (nSPS) is 19.0. The minimum Gasteiger partial charge on any atom is -0.352 e. The summed E-state index contributed by atoms with van der Waals surface area (Å²) in [6.07, 6.45) is 3.97. The van der Waals surface area contributed by atoms with Crippen molar-refractivity contribution in [2.45, 2.75) is 19.0 Å². The lowest BCUT2D eigenvalue weighted by atomic mass is 10.0. The van der Waals surface area contributed by atoms with Gasteiger partial charge in [-0.15, -0.1) is 0 Å². The van der Waals surface area contributed by atoms with E-state index < -0.39 is 0 Å². The average molecular weight is 406 g/mol. The lowest BCUT2D eigenvalue weighted by Crippen LogP contribution is -2.36. The van der Waals surface area contributed by atoms with E-state index in [9.17, 15) is 0 Å². The Morgan fingerprint density at radius 1 is 1.07 bits per heavy atom. The summed E-state index contributed by atoms with van der Waals surface area (Å²) in [5.41, 5.74) is 4.62. The molecule has 3 aromatic rings. The number of likely N-dealkylation sites (N-methyl/N-ethyl adjacent to an activating group) is 1. The second kappa shape index (κ2) is 8.35. The van der Waals surface area contributed by atoms with Crippen LogP contribution in [0.3, 0.4) is 0 Å². The SMILES string of the molecule is Cc1ccc(-n2cccc2[C@@H]2[C@H](c3ccccn3)NC(=S)N2CCN(C)C)cc1. The number of aromatic nitrogens is 2. The van der Waals surface area contributed by atoms with Crippen LogP contribution in [0.2, 0.25) is 0 Å². The molecule has 1 saturated heterocycles. The van der Waals surface area contributed by atoms with Crippen molar-refractivity contribution in [1.29, 1.82) is 0 Å². The van der Waals surface area contributed by atoms with Gasteiger partial charge in [0.1, 0.15) is 0 Å². The van der Waals surface area contributed by atoms with Gasteiger partial charge in [-0.1, -0.05) is 23.8 Å². The Balaban J connectivity index is 1.77. The summed E-state index contributed by atoms with van der Waals surface area (Å²) in [5.74, 6) is 0. The van der Waals surface area contributed by atoms with Crippen LogP contribution in [-0.2, 0) is 0 Å². The van der Waals surface area contributed by atoms with Crippen LogP contribution in [0.5, 0.6) is 0 Å². The first-order valence-electron chi connectivity index (χ1n) is 9.91. The van der Waals surface area contributed by atoms with Crippen molar-refractivity contribution in [3.8, 4) is 5.69 Å². The number of benzene rings is 1. The molecule has 1 aliphatic rings. The molecule has 0 bridgehead atoms. The number of thiocarbonyl (C=S) groups is 1. The number of nitrogens with zero attached hydrogens (tertiary/aromatic N) is 4. The maximum Gasteiger partial charge on any atom is 0.170 e. The number of pyridine rings is 1. The Bertz CT molecular complexity index is 964. The van der Waals surface area contributed by atoms with Crippen LogP contribution in [0.15, 0.2) is 67.0 Å². The molecule has 1 N–H and O–H groups in total. The van der Waals surface area contributed by atoms with Crippen LogP contribution in [0.25, 0.3) is 5.69 Å². The van der Waals surface area contributed by atoms with Crippen molar-refractivity contribution in [1.82, 2.24) is 24.7 Å². The van der Waals surface area contributed by atoms with Gasteiger partial charge in [-0.25, -0.2) is 0 Å². The highest BCUT2D eigenvalue weighted by Gasteiger charge is 2.41. The van der Waals surface area contributed by atoms with E-state index in [0.717, 1.165) is 29.6 Å². The Morgan fingerprint density at radius 3 is 2.55 bits per heavy atom. The zero-order chi connectivity index (χ0) is 20.4. The predicted molar refractivity (Wildman–Crippen MR) is 121 cm³/mol. The Labute approximate surface area is 178 Å². The topological polar surface area (TPSA) is 36.3 Å². The number of nitrogens with one attached hydrogen (secondary N) is 1. The molecule has 2 aromatic heterocycles. The molecule has 3 heterocycles. The lowest BCUT2D eigenvalue weighted by Gasteiger charge is -2.29. The third-order valence-electron chi connectivity index (χ3n) is 5.38. The van der Waals surface area contributed by atoms with Crippen molar-refractivity contribution in [2.75, 3.05) is 27.2 Å². The maximum atomic E-state index is 5.76. The van der Waals surface area contributed by atoms with Gasteiger partial charge in [0.25, 0.3) is 0 Å². The fourth-order valence-electron chi connectivity index (χ4n) is 3.85. The predicted octanol–water partition coefficient (Wildman–Crippen LogP) is 3.71. The van der Waals surface area contributed by atoms with Crippen LogP contribution >= 0.6 is 12.2 Å². The largest absolute Gasteiger partial charge is 0.352 e. The second-order valence-corrected chi connectivity index (χ2v) is 8.15. The van der Waals surface area contributed by atoms with Gasteiger partial charge in [0.2, 0.25) is 0 Å². The summed E-state index contributed by atoms with van der Waals surface area (Å²) in [4.78, 5) is 9.12. The third kappa shape index (κ3) is 4.04. The molecule has 0 saturated carbocycles. The summed E-state index contributed by atoms with van der Waals surface area (Å²) in [6, 6.07) is 19.1. The first-order chi connectivity index (χ1) is 14.0. The van der Waals surface area contributed by atoms with E-state index >= 15 is 0 Å². The van der Waals surface area contributed by atoms with Crippen molar-refractivity contribution < 1.29 is 0 Å². The van der Waals surface area contributed by atoms with Crippen LogP contribution in [0, 0.1) is 6.92 Å². The molecule has 2 atom stereocenters. The van der Waals surface area contributed by atoms with Crippen molar-refractivity contribution in [2.24, 2.45) is 0 Å². The first kappa shape index (κ1) is 19.6. The lowest BCUT2D eigenvalue weighted by molar-refractivity contribution is 0.272. The van der Waals surface area contributed by atoms with Gasteiger partial charge < -0.3 is 19.7 Å². The monoisotopic (exact) mass is 405 g/mol. The van der Waals surface area contributed by atoms with Crippen LogP contribution in [0.4, 0.5) is 0 Å². The standard InChI is InChI=1S/C23H27N5S/c1-17-9-11-18(12-10-17)27-14-6-8-20(27)22-21(19-7-4-5-13-24-19)25-23(29)28(22)16-15-26(2)3/h4-14,21-22H,15-16H2,1-3H3,(H,25,29)/t21-,22+/m0/s1. The molecule has 1 fully saturated rings. The fraction of sp³-hybridized carbons (Fsp3) is 0.304. The van der Waals surface area contributed by atoms with Crippen molar-refractivity contribution >= 4 is 17.3 Å². The summed E-state index contributed by atoms with van der Waals surface area (Å²) in [5, 5.41) is 4.31. The molecule has 29 heavy (non-hydrogen) atoms. The summed E-state index contributed by atoms with van der Waals surface area (Å²) in [7, 11) is 4.18. The van der Waals surface area contributed by atoms with Crippen LogP contribution < -0.4 is 5.32 Å². The van der Waals surface area contributed by atoms with E-state index in [4.69, 9.17) is 12.2 Å². The fourth-order valence-corrected chi connectivity index (χ4v) is 4.18. The van der Waals surface area contributed by atoms with Crippen molar-refractivity contribution in [3.63, 3.8) is 0 Å². The third-order valence-corrected chi connectivity index (χ3v) is 5.73. The Kier molecular flexibility index (Phi) is 5.65. The number of aryl methyl sites for hydroxylation is 1. The Morgan fingerprint density at radius 2 is 1.86 bits per heavy atom. The van der Waals surface area contributed by atoms with Gasteiger partial charge in [0.05, 0.1) is 17.8 Å². The molecule has 5 nitrogen and oxygen atoms in total. The van der Waals surface area contributed by atoms with Crippen LogP contribution in [0.1, 0.15) is 29.0 Å². The maximum absolute atomic E-state index is 5.76. The highest BCUT2D eigenvalue weighted by Crippen LogP contribution is 2.39. The molecule has 0 aliphatic carbocycles. The van der Waals surface area contributed by atoms with E-state index in [1.54, 1.807) is 0 Å². The van der Waals surface area contributed by atoms with E-state index in [1.807, 2.05) is 18.3 Å². The molecule has 6 heteroatoms. The van der Waals surface area contributed by atoms with Gasteiger partial charge in [-0.3, -0.25) is 4.98 Å². The van der Waals surface area contributed by atoms with Crippen LogP contribution in [-0.4, -0.2) is 51.6 Å². The number of rotatable bonds is 6. The molecule has 0 radical (unpaired) electrons. The molecule has 0 unspecified atom stereocenters. The van der Waals surface area contributed by atoms with Gasteiger partial charge >= 0.3 is 0 Å². The molecular formula is C23H27N5S. The molecule has 0 amide bonds. The van der Waals surface area contributed by atoms with E-state index in [-0.39, 0.29) is 12.1 Å². The summed E-state index contributed by atoms with van der Waals surface area (Å²) >= 11 is 5.76. The molecule has 0 spiro atoms. The number of hydrogen-bond acceptors (Lipinski definition) is 3. The van der Waals surface area contributed by atoms with E-state index in [1.165, 1.54) is 11.3 Å². The van der Waals surface area contributed by atoms with Crippen molar-refractivity contribution in [3.05, 3.63) is 83.9 Å². The molecule has 4 rings (SSSR count). The first-order valence-corrected chi connectivity index (χ1v) is 10.3. The summed E-state index contributed by atoms with van der Waals surface area (Å²) in [6.45, 7) is 3.89. The number of hydrogen-bond donors (Lipinski definition) is 1. The quantitative estimate of drug-likeness (QED) is 0.633. The van der Waals surface area contributed by atoms with Gasteiger partial charge in [-0.2, -0.15) is 0 Å². The zero-order valence-corrected chi connectivity index (χ0v) is 17.9. The van der Waals surface area contributed by atoms with Gasteiger partial charge in [-0.05, 0) is 69.6 Å². The second-order valence-electron chi connectivity index (χ2n) is 7.76. The molecular weight excluding hydrogens is 378 g/mol. The molecule has 1 aromatic carbocycles. The minimum absolute atomic E-state index is 0.00459. The molecule has 150 valence electrons. The van der Waals surface area contributed by atoms with E-state index in [2.05, 4.69) is 94.3 Å².